The van der Waals surface area contributed by atoms with Crippen molar-refractivity contribution in [3.63, 3.8) is 0 Å². The number of amides is 3. The number of nitro groups is 1. The number of non-ortho nitro benzene ring substituents is 1. The Labute approximate surface area is 195 Å². The maximum absolute atomic E-state index is 13.6. The number of hydrogen-bond donors (Lipinski definition) is 0. The van der Waals surface area contributed by atoms with Gasteiger partial charge in [0.05, 0.1) is 16.8 Å². The number of hydrazine groups is 1. The molecule has 1 saturated heterocycles. The predicted octanol–water partition coefficient (Wildman–Crippen LogP) is 3.42. The molecule has 0 radical (unpaired) electrons. The summed E-state index contributed by atoms with van der Waals surface area (Å²) in [5, 5.41) is 12.7. The van der Waals surface area contributed by atoms with Gasteiger partial charge in [0.2, 0.25) is 0 Å². The van der Waals surface area contributed by atoms with Gasteiger partial charge in [0.25, 0.3) is 23.4 Å². The molecule has 0 spiro atoms. The summed E-state index contributed by atoms with van der Waals surface area (Å²) in [4.78, 5) is 64.1. The smallest absolute Gasteiger partial charge is 0.273 e. The lowest BCUT2D eigenvalue weighted by Gasteiger charge is -2.34. The molecule has 2 aromatic rings. The van der Waals surface area contributed by atoms with Gasteiger partial charge in [-0.1, -0.05) is 49.4 Å². The van der Waals surface area contributed by atoms with Crippen LogP contribution in [0.1, 0.15) is 41.0 Å². The highest BCUT2D eigenvalue weighted by atomic mass is 16.6. The molecule has 0 bridgehead atoms. The van der Waals surface area contributed by atoms with E-state index in [-0.39, 0.29) is 17.2 Å². The van der Waals surface area contributed by atoms with E-state index in [2.05, 4.69) is 0 Å². The summed E-state index contributed by atoms with van der Waals surface area (Å²) in [6.45, 7) is 3.30. The summed E-state index contributed by atoms with van der Waals surface area (Å²) in [6.07, 6.45) is 4.09. The normalized spacial score (nSPS) is 22.3. The first-order chi connectivity index (χ1) is 16.2. The zero-order valence-corrected chi connectivity index (χ0v) is 18.7. The Morgan fingerprint density at radius 3 is 2.26 bits per heavy atom. The summed E-state index contributed by atoms with van der Waals surface area (Å²) in [6, 6.07) is 11.9. The number of ketones is 1. The fourth-order valence-electron chi connectivity index (χ4n) is 4.60. The summed E-state index contributed by atoms with van der Waals surface area (Å²) >= 11 is 0. The number of imide groups is 1. The molecule has 4 rings (SSSR count). The first-order valence-corrected chi connectivity index (χ1v) is 10.9. The van der Waals surface area contributed by atoms with Crippen LogP contribution < -0.4 is 0 Å². The van der Waals surface area contributed by atoms with Gasteiger partial charge in [-0.25, -0.2) is 5.01 Å². The highest BCUT2D eigenvalue weighted by Crippen LogP contribution is 2.40. The number of Topliss-reactive ketones (excluding diaryl/α,β-unsaturated/α-hetero) is 1. The predicted molar refractivity (Wildman–Crippen MR) is 121 cm³/mol. The average Bonchev–Trinajstić information content (AvgIpc) is 3.10. The Morgan fingerprint density at radius 1 is 1.03 bits per heavy atom. The first-order valence-electron chi connectivity index (χ1n) is 10.9. The van der Waals surface area contributed by atoms with Gasteiger partial charge in [-0.05, 0) is 31.4 Å². The maximum atomic E-state index is 13.6. The van der Waals surface area contributed by atoms with Gasteiger partial charge in [-0.3, -0.25) is 29.3 Å². The third kappa shape index (κ3) is 3.89. The van der Waals surface area contributed by atoms with Gasteiger partial charge in [-0.15, -0.1) is 0 Å². The number of allylic oxidation sites excluding steroid dienone is 2. The summed E-state index contributed by atoms with van der Waals surface area (Å²) in [5.41, 5.74) is 0.124. The molecule has 9 heteroatoms. The molecule has 0 aromatic heterocycles. The fourth-order valence-corrected chi connectivity index (χ4v) is 4.60. The number of carbonyl (C=O) groups is 4. The maximum Gasteiger partial charge on any atom is 0.273 e. The molecule has 3 amide bonds. The Hall–Kier alpha value is -4.14. The van der Waals surface area contributed by atoms with Gasteiger partial charge >= 0.3 is 0 Å². The van der Waals surface area contributed by atoms with Crippen molar-refractivity contribution >= 4 is 29.2 Å². The second kappa shape index (κ2) is 9.01. The highest BCUT2D eigenvalue weighted by molar-refractivity contribution is 6.10. The van der Waals surface area contributed by atoms with Crippen LogP contribution in [0.5, 0.6) is 0 Å². The van der Waals surface area contributed by atoms with Crippen LogP contribution in [0.3, 0.4) is 0 Å². The molecule has 0 unspecified atom stereocenters. The van der Waals surface area contributed by atoms with Crippen LogP contribution in [-0.2, 0) is 9.59 Å². The number of carbonyl (C=O) groups excluding carboxylic acids is 4. The van der Waals surface area contributed by atoms with Crippen molar-refractivity contribution in [1.29, 1.82) is 0 Å². The van der Waals surface area contributed by atoms with Crippen LogP contribution in [0.25, 0.3) is 0 Å². The second-order valence-electron chi connectivity index (χ2n) is 8.50. The lowest BCUT2D eigenvalue weighted by atomic mass is 9.78. The van der Waals surface area contributed by atoms with Gasteiger partial charge in [0.15, 0.2) is 5.78 Å². The van der Waals surface area contributed by atoms with E-state index in [1.165, 1.54) is 19.1 Å². The van der Waals surface area contributed by atoms with E-state index in [1.807, 2.05) is 19.1 Å². The van der Waals surface area contributed by atoms with E-state index in [1.54, 1.807) is 30.3 Å². The molecular formula is C25H23N3O6. The van der Waals surface area contributed by atoms with E-state index in [4.69, 9.17) is 0 Å². The van der Waals surface area contributed by atoms with Crippen molar-refractivity contribution in [2.75, 3.05) is 0 Å². The van der Waals surface area contributed by atoms with Crippen LogP contribution >= 0.6 is 0 Å². The van der Waals surface area contributed by atoms with Crippen molar-refractivity contribution in [1.82, 2.24) is 10.0 Å². The molecule has 1 fully saturated rings. The van der Waals surface area contributed by atoms with Crippen LogP contribution in [0, 0.1) is 27.9 Å². The minimum atomic E-state index is -1.18. The number of nitrogens with zero attached hydrogens (tertiary/aromatic N) is 3. The molecule has 0 saturated carbocycles. The lowest BCUT2D eigenvalue weighted by molar-refractivity contribution is -0.384. The fraction of sp³-hybridized carbons (Fsp3) is 0.280. The minimum absolute atomic E-state index is 0.0138. The number of fused-ring (bicyclic) bond motifs is 1. The molecule has 174 valence electrons. The number of benzene rings is 2. The zero-order chi connectivity index (χ0) is 24.6. The van der Waals surface area contributed by atoms with E-state index < -0.39 is 46.3 Å². The number of rotatable bonds is 6. The van der Waals surface area contributed by atoms with Crippen LogP contribution in [0.15, 0.2) is 66.7 Å². The third-order valence-electron chi connectivity index (χ3n) is 6.40. The summed E-state index contributed by atoms with van der Waals surface area (Å²) in [7, 11) is 0. The monoisotopic (exact) mass is 461 g/mol. The first kappa shape index (κ1) is 23.0. The number of nitro benzene ring substituents is 1. The van der Waals surface area contributed by atoms with Gasteiger partial charge in [-0.2, -0.15) is 5.01 Å². The van der Waals surface area contributed by atoms with Gasteiger partial charge in [0.1, 0.15) is 6.04 Å². The SMILES string of the molecule is C[C@@H]1C=CC[C@@H]2C(=O)N(N(C(=O)c3ccc([N+](=O)[O-])cc3)[C@H](C)C(=O)c3ccccc3)C(=O)[C@H]12. The van der Waals surface area contributed by atoms with Crippen LogP contribution in [-0.4, -0.2) is 44.5 Å². The van der Waals surface area contributed by atoms with E-state index in [9.17, 15) is 29.3 Å². The topological polar surface area (TPSA) is 118 Å². The number of hydrogen-bond acceptors (Lipinski definition) is 6. The minimum Gasteiger partial charge on any atom is -0.292 e. The molecule has 0 N–H and O–H groups in total. The van der Waals surface area contributed by atoms with Crippen molar-refractivity contribution in [3.05, 3.63) is 88.0 Å². The third-order valence-corrected chi connectivity index (χ3v) is 6.40. The van der Waals surface area contributed by atoms with E-state index in [0.717, 1.165) is 22.2 Å². The standard InChI is InChI=1S/C25H23N3O6/c1-15-7-6-10-20-21(15)25(32)27(24(20)31)26(16(2)22(29)17-8-4-3-5-9-17)23(30)18-11-13-19(14-12-18)28(33)34/h3-9,11-16,20-21H,10H2,1-2H3/t15-,16-,20+,21-/m1/s1. The molecular weight excluding hydrogens is 438 g/mol. The van der Waals surface area contributed by atoms with E-state index in [0.29, 0.717) is 12.0 Å². The van der Waals surface area contributed by atoms with Crippen molar-refractivity contribution < 1.29 is 24.1 Å². The van der Waals surface area contributed by atoms with Crippen molar-refractivity contribution in [2.45, 2.75) is 26.3 Å². The highest BCUT2D eigenvalue weighted by Gasteiger charge is 2.54. The largest absolute Gasteiger partial charge is 0.292 e. The molecule has 2 aromatic carbocycles. The molecule has 4 atom stereocenters. The van der Waals surface area contributed by atoms with Crippen LogP contribution in [0.4, 0.5) is 5.69 Å². The Kier molecular flexibility index (Phi) is 6.10. The molecule has 1 aliphatic heterocycles. The quantitative estimate of drug-likeness (QED) is 0.214. The summed E-state index contributed by atoms with van der Waals surface area (Å²) in [5.74, 6) is -3.71. The van der Waals surface area contributed by atoms with Gasteiger partial charge < -0.3 is 0 Å². The van der Waals surface area contributed by atoms with Gasteiger partial charge in [0, 0.05) is 23.3 Å². The summed E-state index contributed by atoms with van der Waals surface area (Å²) < 4.78 is 0. The Balaban J connectivity index is 1.76. The molecule has 9 nitrogen and oxygen atoms in total. The average molecular weight is 461 g/mol. The van der Waals surface area contributed by atoms with Crippen LogP contribution in [0.2, 0.25) is 0 Å². The van der Waals surface area contributed by atoms with Crippen molar-refractivity contribution in [2.24, 2.45) is 17.8 Å². The molecule has 1 heterocycles. The lowest BCUT2D eigenvalue weighted by Crippen LogP contribution is -2.56. The molecule has 34 heavy (non-hydrogen) atoms. The van der Waals surface area contributed by atoms with E-state index >= 15 is 0 Å². The zero-order valence-electron chi connectivity index (χ0n) is 18.7. The second-order valence-corrected chi connectivity index (χ2v) is 8.50. The Bertz CT molecular complexity index is 1190. The Morgan fingerprint density at radius 2 is 1.68 bits per heavy atom. The molecule has 1 aliphatic carbocycles. The van der Waals surface area contributed by atoms with Crippen molar-refractivity contribution in [3.8, 4) is 0 Å². The molecule has 2 aliphatic rings.